The summed E-state index contributed by atoms with van der Waals surface area (Å²) in [7, 11) is 4.46. The van der Waals surface area contributed by atoms with E-state index in [4.69, 9.17) is 11.6 Å². The van der Waals surface area contributed by atoms with Crippen LogP contribution in [0.15, 0.2) is 24.3 Å². The minimum atomic E-state index is 0.138. The molecule has 0 amide bonds. The van der Waals surface area contributed by atoms with Crippen LogP contribution in [0.1, 0.15) is 58.4 Å². The number of nitrogens with one attached hydrogen (secondary N) is 1. The normalized spacial score (nSPS) is 28.5. The molecule has 1 aromatic rings. The van der Waals surface area contributed by atoms with E-state index in [1.807, 2.05) is 12.1 Å². The molecule has 0 aliphatic heterocycles. The average molecular weight is 337 g/mol. The fourth-order valence-electron chi connectivity index (χ4n) is 4.32. The molecule has 2 rings (SSSR count). The highest BCUT2D eigenvalue weighted by Gasteiger charge is 2.43. The van der Waals surface area contributed by atoms with E-state index in [2.05, 4.69) is 57.2 Å². The van der Waals surface area contributed by atoms with Crippen LogP contribution in [0.2, 0.25) is 5.02 Å². The van der Waals surface area contributed by atoms with Gasteiger partial charge in [0.25, 0.3) is 0 Å². The highest BCUT2D eigenvalue weighted by atomic mass is 35.5. The molecule has 23 heavy (non-hydrogen) atoms. The minimum Gasteiger partial charge on any atom is -0.312 e. The maximum Gasteiger partial charge on any atom is 0.0458 e. The van der Waals surface area contributed by atoms with E-state index in [9.17, 15) is 0 Å². The van der Waals surface area contributed by atoms with Crippen molar-refractivity contribution in [3.63, 3.8) is 0 Å². The Bertz CT molecular complexity index is 483. The van der Waals surface area contributed by atoms with Crippen molar-refractivity contribution in [1.82, 2.24) is 10.2 Å². The first-order valence-corrected chi connectivity index (χ1v) is 9.46. The molecule has 0 aromatic heterocycles. The van der Waals surface area contributed by atoms with Crippen LogP contribution in [-0.2, 0) is 5.54 Å². The van der Waals surface area contributed by atoms with Gasteiger partial charge in [-0.2, -0.15) is 0 Å². The van der Waals surface area contributed by atoms with Gasteiger partial charge in [0.1, 0.15) is 0 Å². The third-order valence-electron chi connectivity index (χ3n) is 5.48. The highest BCUT2D eigenvalue weighted by molar-refractivity contribution is 6.30. The number of halogens is 1. The number of hydrogen-bond acceptors (Lipinski definition) is 2. The Balaban J connectivity index is 2.29. The molecule has 3 heteroatoms. The molecule has 1 aromatic carbocycles. The van der Waals surface area contributed by atoms with Crippen molar-refractivity contribution in [1.29, 1.82) is 0 Å². The Labute approximate surface area is 147 Å². The van der Waals surface area contributed by atoms with Gasteiger partial charge >= 0.3 is 0 Å². The largest absolute Gasteiger partial charge is 0.312 e. The Morgan fingerprint density at radius 2 is 1.91 bits per heavy atom. The number of rotatable bonds is 6. The summed E-state index contributed by atoms with van der Waals surface area (Å²) in [5.41, 5.74) is 1.55. The van der Waals surface area contributed by atoms with Gasteiger partial charge in [0.05, 0.1) is 0 Å². The van der Waals surface area contributed by atoms with Crippen LogP contribution in [0.5, 0.6) is 0 Å². The monoisotopic (exact) mass is 336 g/mol. The summed E-state index contributed by atoms with van der Waals surface area (Å²) in [4.78, 5) is 2.44. The first-order valence-electron chi connectivity index (χ1n) is 9.08. The zero-order valence-corrected chi connectivity index (χ0v) is 16.2. The predicted molar refractivity (Wildman–Crippen MR) is 101 cm³/mol. The topological polar surface area (TPSA) is 15.3 Å². The number of benzene rings is 1. The van der Waals surface area contributed by atoms with Gasteiger partial charge in [-0.1, -0.05) is 50.9 Å². The molecule has 3 atom stereocenters. The van der Waals surface area contributed by atoms with E-state index in [0.717, 1.165) is 10.9 Å². The smallest absolute Gasteiger partial charge is 0.0458 e. The lowest BCUT2D eigenvalue weighted by molar-refractivity contribution is 0.0451. The third kappa shape index (κ3) is 4.29. The van der Waals surface area contributed by atoms with Crippen molar-refractivity contribution >= 4 is 11.6 Å². The lowest BCUT2D eigenvalue weighted by Gasteiger charge is -2.49. The van der Waals surface area contributed by atoms with Gasteiger partial charge in [0.15, 0.2) is 0 Å². The van der Waals surface area contributed by atoms with Crippen LogP contribution in [0.4, 0.5) is 0 Å². The second-order valence-corrected chi connectivity index (χ2v) is 8.09. The van der Waals surface area contributed by atoms with Gasteiger partial charge in [-0.25, -0.2) is 0 Å². The van der Waals surface area contributed by atoms with Gasteiger partial charge in [0.2, 0.25) is 0 Å². The molecule has 0 heterocycles. The molecule has 0 saturated heterocycles. The highest BCUT2D eigenvalue weighted by Crippen LogP contribution is 2.45. The molecule has 1 saturated carbocycles. The number of hydrogen-bond donors (Lipinski definition) is 1. The minimum absolute atomic E-state index is 0.138. The Morgan fingerprint density at radius 1 is 1.26 bits per heavy atom. The van der Waals surface area contributed by atoms with Crippen LogP contribution in [-0.4, -0.2) is 31.1 Å². The third-order valence-corrected chi connectivity index (χ3v) is 5.73. The molecule has 0 spiro atoms. The Kier molecular flexibility index (Phi) is 6.53. The van der Waals surface area contributed by atoms with Crippen LogP contribution in [0.25, 0.3) is 0 Å². The average Bonchev–Trinajstić information content (AvgIpc) is 2.49. The standard InChI is InChI=1S/C20H33ClN2/c1-6-7-16-14-20(23(4)5,13-12-19(16)22-15(2)3)17-8-10-18(21)11-9-17/h8-11,15-16,19,22H,6-7,12-14H2,1-5H3. The summed E-state index contributed by atoms with van der Waals surface area (Å²) >= 11 is 6.11. The molecule has 1 N–H and O–H groups in total. The fraction of sp³-hybridized carbons (Fsp3) is 0.700. The van der Waals surface area contributed by atoms with E-state index in [1.54, 1.807) is 0 Å². The zero-order valence-electron chi connectivity index (χ0n) is 15.4. The summed E-state index contributed by atoms with van der Waals surface area (Å²) in [5, 5.41) is 4.64. The van der Waals surface area contributed by atoms with Crippen molar-refractivity contribution in [2.75, 3.05) is 14.1 Å². The summed E-state index contributed by atoms with van der Waals surface area (Å²) in [6, 6.07) is 9.73. The second kappa shape index (κ2) is 8.00. The maximum atomic E-state index is 6.11. The number of nitrogens with zero attached hydrogens (tertiary/aromatic N) is 1. The Hall–Kier alpha value is -0.570. The molecular weight excluding hydrogens is 304 g/mol. The van der Waals surface area contributed by atoms with Crippen LogP contribution >= 0.6 is 11.6 Å². The van der Waals surface area contributed by atoms with Gasteiger partial charge < -0.3 is 5.32 Å². The van der Waals surface area contributed by atoms with Gasteiger partial charge in [0, 0.05) is 22.6 Å². The molecule has 3 unspecified atom stereocenters. The fourth-order valence-corrected chi connectivity index (χ4v) is 4.44. The van der Waals surface area contributed by atoms with E-state index >= 15 is 0 Å². The van der Waals surface area contributed by atoms with Gasteiger partial charge in [-0.15, -0.1) is 0 Å². The second-order valence-electron chi connectivity index (χ2n) is 7.65. The molecule has 0 radical (unpaired) electrons. The van der Waals surface area contributed by atoms with E-state index in [0.29, 0.717) is 12.1 Å². The van der Waals surface area contributed by atoms with Crippen molar-refractivity contribution in [3.8, 4) is 0 Å². The molecular formula is C20H33ClN2. The molecule has 2 nitrogen and oxygen atoms in total. The lowest BCUT2D eigenvalue weighted by Crippen LogP contribution is -2.53. The van der Waals surface area contributed by atoms with Crippen molar-refractivity contribution in [3.05, 3.63) is 34.9 Å². The first kappa shape index (κ1) is 18.8. The quantitative estimate of drug-likeness (QED) is 0.780. The van der Waals surface area contributed by atoms with Crippen molar-refractivity contribution < 1.29 is 0 Å². The summed E-state index contributed by atoms with van der Waals surface area (Å²) < 4.78 is 0. The summed E-state index contributed by atoms with van der Waals surface area (Å²) in [6.07, 6.45) is 6.22. The predicted octanol–water partition coefficient (Wildman–Crippen LogP) is 5.06. The Morgan fingerprint density at radius 3 is 2.43 bits per heavy atom. The lowest BCUT2D eigenvalue weighted by atomic mass is 9.67. The van der Waals surface area contributed by atoms with E-state index in [-0.39, 0.29) is 5.54 Å². The first-order chi connectivity index (χ1) is 10.9. The van der Waals surface area contributed by atoms with Crippen LogP contribution in [0.3, 0.4) is 0 Å². The van der Waals surface area contributed by atoms with Crippen molar-refractivity contribution in [2.24, 2.45) is 5.92 Å². The maximum absolute atomic E-state index is 6.11. The molecule has 1 aliphatic rings. The van der Waals surface area contributed by atoms with Crippen LogP contribution in [0, 0.1) is 5.92 Å². The molecule has 1 aliphatic carbocycles. The van der Waals surface area contributed by atoms with Gasteiger partial charge in [-0.3, -0.25) is 4.90 Å². The van der Waals surface area contributed by atoms with Crippen LogP contribution < -0.4 is 5.32 Å². The van der Waals surface area contributed by atoms with E-state index in [1.165, 1.54) is 37.7 Å². The molecule has 0 bridgehead atoms. The van der Waals surface area contributed by atoms with Gasteiger partial charge in [-0.05, 0) is 63.4 Å². The summed E-state index contributed by atoms with van der Waals surface area (Å²) in [6.45, 7) is 6.83. The zero-order chi connectivity index (χ0) is 17.0. The molecule has 130 valence electrons. The SMILES string of the molecule is CCCC1CC(c2ccc(Cl)cc2)(N(C)C)CCC1NC(C)C. The summed E-state index contributed by atoms with van der Waals surface area (Å²) in [5.74, 6) is 0.731. The van der Waals surface area contributed by atoms with E-state index < -0.39 is 0 Å². The van der Waals surface area contributed by atoms with Crippen molar-refractivity contribution in [2.45, 2.75) is 70.5 Å². The molecule has 1 fully saturated rings.